The van der Waals surface area contributed by atoms with Crippen LogP contribution in [0.25, 0.3) is 0 Å². The molecule has 50 valence electrons. The summed E-state index contributed by atoms with van der Waals surface area (Å²) in [5.74, 6) is 10.3. The van der Waals surface area contributed by atoms with Gasteiger partial charge in [-0.2, -0.15) is 0 Å². The number of nitrogens with zero attached hydrogens (tertiary/aromatic N) is 1. The van der Waals surface area contributed by atoms with Gasteiger partial charge < -0.3 is 11.2 Å². The van der Waals surface area contributed by atoms with Crippen molar-refractivity contribution >= 4 is 5.71 Å². The van der Waals surface area contributed by atoms with E-state index >= 15 is 0 Å². The highest BCUT2D eigenvalue weighted by Gasteiger charge is 2.33. The van der Waals surface area contributed by atoms with Gasteiger partial charge in [-0.25, -0.2) is 5.84 Å². The molecule has 0 atom stereocenters. The van der Waals surface area contributed by atoms with Gasteiger partial charge >= 0.3 is 0 Å². The van der Waals surface area contributed by atoms with E-state index in [1.54, 1.807) is 4.68 Å². The number of hydrogen-bond donors (Lipinski definition) is 4. The molecule has 0 amide bonds. The van der Waals surface area contributed by atoms with Gasteiger partial charge in [-0.3, -0.25) is 5.84 Å². The van der Waals surface area contributed by atoms with Crippen molar-refractivity contribution in [2.45, 2.75) is 0 Å². The molecule has 0 aromatic heterocycles. The molecule has 0 unspecified atom stereocenters. The molecule has 1 aliphatic heterocycles. The van der Waals surface area contributed by atoms with Crippen molar-refractivity contribution in [1.82, 2.24) is 5.43 Å². The van der Waals surface area contributed by atoms with Crippen LogP contribution in [0.4, 0.5) is 0 Å². The second-order valence-electron chi connectivity index (χ2n) is 1.84. The molecule has 0 aliphatic carbocycles. The maximum absolute atomic E-state index is 5.44. The highest BCUT2D eigenvalue weighted by atomic mass is 15.4. The van der Waals surface area contributed by atoms with Gasteiger partial charge in [-0.15, -0.1) is 4.68 Å². The van der Waals surface area contributed by atoms with Crippen LogP contribution in [0.3, 0.4) is 0 Å². The van der Waals surface area contributed by atoms with Gasteiger partial charge in [0.1, 0.15) is 5.70 Å². The number of nitrogens with two attached hydrogens (primary N) is 3. The Kier molecular flexibility index (Phi) is 1.27. The summed E-state index contributed by atoms with van der Waals surface area (Å²) in [5.41, 5.74) is 9.28. The molecular formula is C4H10N5+. The van der Waals surface area contributed by atoms with E-state index in [9.17, 15) is 0 Å². The van der Waals surface area contributed by atoms with Crippen LogP contribution in [0.2, 0.25) is 0 Å². The van der Waals surface area contributed by atoms with Gasteiger partial charge in [0.2, 0.25) is 0 Å². The molecule has 7 N–H and O–H groups in total. The Balaban J connectivity index is 2.54. The lowest BCUT2D eigenvalue weighted by Gasteiger charge is -1.85. The normalized spacial score (nSPS) is 18.1. The quantitative estimate of drug-likeness (QED) is 0.189. The molecule has 1 aliphatic rings. The molecule has 5 nitrogen and oxygen atoms in total. The third kappa shape index (κ3) is 1.11. The Hall–Kier alpha value is -1.23. The first-order chi connectivity index (χ1) is 4.25. The summed E-state index contributed by atoms with van der Waals surface area (Å²) in [4.78, 5) is 0. The van der Waals surface area contributed by atoms with Crippen LogP contribution < -0.4 is 22.8 Å². The molecule has 9 heavy (non-hydrogen) atoms. The Morgan fingerprint density at radius 1 is 1.78 bits per heavy atom. The topological polar surface area (TPSA) is 93.1 Å². The van der Waals surface area contributed by atoms with Crippen LogP contribution in [-0.2, 0) is 0 Å². The van der Waals surface area contributed by atoms with Crippen molar-refractivity contribution in [3.63, 3.8) is 0 Å². The van der Waals surface area contributed by atoms with Crippen molar-refractivity contribution < 1.29 is 4.68 Å². The molecule has 0 aromatic rings. The number of nitrogens with one attached hydrogen (secondary N) is 1. The van der Waals surface area contributed by atoms with E-state index in [4.69, 9.17) is 17.4 Å². The lowest BCUT2D eigenvalue weighted by Crippen LogP contribution is -2.18. The molecule has 0 aromatic carbocycles. The average molecular weight is 128 g/mol. The van der Waals surface area contributed by atoms with Crippen molar-refractivity contribution in [2.24, 2.45) is 17.4 Å². The van der Waals surface area contributed by atoms with Gasteiger partial charge in [0.25, 0.3) is 12.3 Å². The SMILES string of the molecule is NN/C=C(\N)C1=[N+](N)C1. The van der Waals surface area contributed by atoms with E-state index in [2.05, 4.69) is 5.43 Å². The highest BCUT2D eigenvalue weighted by molar-refractivity contribution is 6.01. The van der Waals surface area contributed by atoms with Crippen molar-refractivity contribution in [3.8, 4) is 0 Å². The first-order valence-electron chi connectivity index (χ1n) is 2.56. The van der Waals surface area contributed by atoms with Crippen LogP contribution in [0, 0.1) is 0 Å². The Bertz CT molecular complexity index is 179. The predicted octanol–water partition coefficient (Wildman–Crippen LogP) is -2.41. The Morgan fingerprint density at radius 2 is 2.33 bits per heavy atom. The highest BCUT2D eigenvalue weighted by Crippen LogP contribution is 1.97. The fraction of sp³-hybridized carbons (Fsp3) is 0.250. The second kappa shape index (κ2) is 1.94. The summed E-state index contributed by atoms with van der Waals surface area (Å²) in [6.07, 6.45) is 1.50. The zero-order valence-electron chi connectivity index (χ0n) is 4.96. The van der Waals surface area contributed by atoms with Crippen molar-refractivity contribution in [3.05, 3.63) is 11.9 Å². The van der Waals surface area contributed by atoms with Crippen LogP contribution in [-0.4, -0.2) is 16.9 Å². The lowest BCUT2D eigenvalue weighted by molar-refractivity contribution is -0.452. The van der Waals surface area contributed by atoms with E-state index in [1.807, 2.05) is 0 Å². The Morgan fingerprint density at radius 3 is 2.67 bits per heavy atom. The number of hydrogen-bond acceptors (Lipinski definition) is 4. The van der Waals surface area contributed by atoms with E-state index in [0.717, 1.165) is 12.3 Å². The van der Waals surface area contributed by atoms with E-state index in [1.165, 1.54) is 6.20 Å². The summed E-state index contributed by atoms with van der Waals surface area (Å²) in [6, 6.07) is 0. The van der Waals surface area contributed by atoms with E-state index in [0.29, 0.717) is 5.70 Å². The molecule has 1 heterocycles. The van der Waals surface area contributed by atoms with Crippen LogP contribution in [0.15, 0.2) is 11.9 Å². The van der Waals surface area contributed by atoms with Gasteiger partial charge in [-0.1, -0.05) is 0 Å². The third-order valence-electron chi connectivity index (χ3n) is 1.14. The number of hydrazone groups is 1. The smallest absolute Gasteiger partial charge is 0.297 e. The average Bonchev–Trinajstić information content (AvgIpc) is 2.47. The van der Waals surface area contributed by atoms with E-state index in [-0.39, 0.29) is 0 Å². The van der Waals surface area contributed by atoms with Crippen molar-refractivity contribution in [2.75, 3.05) is 6.54 Å². The van der Waals surface area contributed by atoms with Gasteiger partial charge in [0.05, 0.1) is 0 Å². The minimum atomic E-state index is 0.597. The van der Waals surface area contributed by atoms with E-state index < -0.39 is 0 Å². The third-order valence-corrected chi connectivity index (χ3v) is 1.14. The fourth-order valence-electron chi connectivity index (χ4n) is 0.556. The first kappa shape index (κ1) is 5.90. The van der Waals surface area contributed by atoms with Gasteiger partial charge in [-0.05, 0) is 0 Å². The maximum atomic E-state index is 5.44. The first-order valence-corrected chi connectivity index (χ1v) is 2.56. The van der Waals surface area contributed by atoms with Gasteiger partial charge in [0.15, 0.2) is 0 Å². The monoisotopic (exact) mass is 128 g/mol. The second-order valence-corrected chi connectivity index (χ2v) is 1.84. The largest absolute Gasteiger partial charge is 0.392 e. The summed E-state index contributed by atoms with van der Waals surface area (Å²) < 4.78 is 1.54. The zero-order chi connectivity index (χ0) is 6.85. The molecule has 0 bridgehead atoms. The standard InChI is InChI=1S/C4H9N5/c5-3(1-8-6)4-2-9(4)7/h1H,2,5-7H2/p+1. The molecule has 0 spiro atoms. The summed E-state index contributed by atoms with van der Waals surface area (Å²) >= 11 is 0. The number of rotatable bonds is 2. The minimum absolute atomic E-state index is 0.597. The summed E-state index contributed by atoms with van der Waals surface area (Å²) in [5, 5.41) is 0. The zero-order valence-corrected chi connectivity index (χ0v) is 4.96. The molecule has 0 fully saturated rings. The van der Waals surface area contributed by atoms with Gasteiger partial charge in [0, 0.05) is 6.20 Å². The molecule has 0 saturated carbocycles. The lowest BCUT2D eigenvalue weighted by atomic mass is 10.4. The van der Waals surface area contributed by atoms with Crippen LogP contribution in [0.1, 0.15) is 0 Å². The Labute approximate surface area is 52.8 Å². The maximum Gasteiger partial charge on any atom is 0.297 e. The summed E-state index contributed by atoms with van der Waals surface area (Å²) in [6.45, 7) is 0.740. The molecular weight excluding hydrogens is 118 g/mol. The van der Waals surface area contributed by atoms with Crippen molar-refractivity contribution in [1.29, 1.82) is 0 Å². The molecule has 0 saturated heterocycles. The molecule has 1 rings (SSSR count). The summed E-state index contributed by atoms with van der Waals surface area (Å²) in [7, 11) is 0. The van der Waals surface area contributed by atoms with Crippen LogP contribution in [0.5, 0.6) is 0 Å². The minimum Gasteiger partial charge on any atom is -0.392 e. The fourth-order valence-corrected chi connectivity index (χ4v) is 0.556. The number of hydrazine groups is 2. The predicted molar refractivity (Wildman–Crippen MR) is 33.9 cm³/mol. The molecule has 5 heteroatoms. The molecule has 0 radical (unpaired) electrons. The van der Waals surface area contributed by atoms with Crippen LogP contribution >= 0.6 is 0 Å².